The maximum Gasteiger partial charge on any atom is 0.335 e. The molecule has 0 saturated carbocycles. The van der Waals surface area contributed by atoms with E-state index in [4.69, 9.17) is 9.63 Å². The van der Waals surface area contributed by atoms with Crippen molar-refractivity contribution >= 4 is 11.9 Å². The molecular formula is C13H12N2O4. The van der Waals surface area contributed by atoms with Gasteiger partial charge in [-0.05, 0) is 25.1 Å². The Kier molecular flexibility index (Phi) is 3.61. The lowest BCUT2D eigenvalue weighted by Gasteiger charge is -2.03. The lowest BCUT2D eigenvalue weighted by atomic mass is 10.1. The third-order valence-electron chi connectivity index (χ3n) is 2.47. The van der Waals surface area contributed by atoms with Crippen molar-refractivity contribution in [2.24, 2.45) is 0 Å². The summed E-state index contributed by atoms with van der Waals surface area (Å²) < 4.78 is 4.95. The van der Waals surface area contributed by atoms with Crippen LogP contribution in [0.2, 0.25) is 0 Å². The molecule has 0 radical (unpaired) electrons. The van der Waals surface area contributed by atoms with E-state index in [0.717, 1.165) is 5.69 Å². The van der Waals surface area contributed by atoms with Crippen LogP contribution in [0.3, 0.4) is 0 Å². The number of hydrogen-bond donors (Lipinski definition) is 2. The smallest absolute Gasteiger partial charge is 0.335 e. The van der Waals surface area contributed by atoms with E-state index in [1.807, 2.05) is 0 Å². The molecule has 19 heavy (non-hydrogen) atoms. The molecular weight excluding hydrogens is 248 g/mol. The van der Waals surface area contributed by atoms with Crippen molar-refractivity contribution < 1.29 is 19.2 Å². The van der Waals surface area contributed by atoms with Crippen LogP contribution in [0.25, 0.3) is 0 Å². The predicted molar refractivity (Wildman–Crippen MR) is 65.8 cm³/mol. The van der Waals surface area contributed by atoms with Gasteiger partial charge in [-0.15, -0.1) is 0 Å². The Morgan fingerprint density at radius 1 is 1.32 bits per heavy atom. The molecule has 0 fully saturated rings. The minimum Gasteiger partial charge on any atom is -0.478 e. The first kappa shape index (κ1) is 12.8. The van der Waals surface area contributed by atoms with Gasteiger partial charge in [-0.2, -0.15) is 0 Å². The molecule has 0 aliphatic rings. The number of nitrogens with one attached hydrogen (secondary N) is 1. The molecule has 2 N–H and O–H groups in total. The molecule has 1 aromatic heterocycles. The van der Waals surface area contributed by atoms with Crippen molar-refractivity contribution in [2.45, 2.75) is 13.5 Å². The Labute approximate surface area is 109 Å². The van der Waals surface area contributed by atoms with Crippen LogP contribution in [0.1, 0.15) is 32.2 Å². The number of amides is 1. The largest absolute Gasteiger partial charge is 0.478 e. The molecule has 0 spiro atoms. The van der Waals surface area contributed by atoms with Gasteiger partial charge in [-0.3, -0.25) is 4.79 Å². The SMILES string of the molecule is Cc1cc(CNC(=O)c2cccc(C(=O)O)c2)on1. The standard InChI is InChI=1S/C13H12N2O4/c1-8-5-11(19-15-8)7-14-12(16)9-3-2-4-10(6-9)13(17)18/h2-6H,7H2,1H3,(H,14,16)(H,17,18). The number of carboxylic acids is 1. The number of aryl methyl sites for hydroxylation is 1. The fraction of sp³-hybridized carbons (Fsp3) is 0.154. The van der Waals surface area contributed by atoms with E-state index in [1.165, 1.54) is 18.2 Å². The number of hydrogen-bond acceptors (Lipinski definition) is 4. The van der Waals surface area contributed by atoms with Crippen molar-refractivity contribution in [2.75, 3.05) is 0 Å². The fourth-order valence-corrected chi connectivity index (χ4v) is 1.56. The Morgan fingerprint density at radius 3 is 2.68 bits per heavy atom. The van der Waals surface area contributed by atoms with Crippen LogP contribution in [-0.2, 0) is 6.54 Å². The molecule has 0 bridgehead atoms. The molecule has 0 atom stereocenters. The van der Waals surface area contributed by atoms with Gasteiger partial charge in [0.15, 0.2) is 5.76 Å². The number of carbonyl (C=O) groups excluding carboxylic acids is 1. The maximum atomic E-state index is 11.8. The van der Waals surface area contributed by atoms with Gasteiger partial charge in [0.25, 0.3) is 5.91 Å². The summed E-state index contributed by atoms with van der Waals surface area (Å²) in [6.45, 7) is 1.99. The van der Waals surface area contributed by atoms with Crippen molar-refractivity contribution in [3.8, 4) is 0 Å². The van der Waals surface area contributed by atoms with Gasteiger partial charge in [-0.1, -0.05) is 11.2 Å². The number of benzene rings is 1. The highest BCUT2D eigenvalue weighted by Gasteiger charge is 2.10. The summed E-state index contributed by atoms with van der Waals surface area (Å²) in [5.74, 6) is -0.891. The molecule has 2 aromatic rings. The van der Waals surface area contributed by atoms with Crippen LogP contribution in [-0.4, -0.2) is 22.1 Å². The summed E-state index contributed by atoms with van der Waals surface area (Å²) in [5, 5.41) is 15.2. The van der Waals surface area contributed by atoms with Crippen molar-refractivity contribution in [1.82, 2.24) is 10.5 Å². The van der Waals surface area contributed by atoms with Crippen molar-refractivity contribution in [3.63, 3.8) is 0 Å². The van der Waals surface area contributed by atoms with Crippen LogP contribution in [0.4, 0.5) is 0 Å². The van der Waals surface area contributed by atoms with Crippen LogP contribution in [0, 0.1) is 6.92 Å². The first-order valence-corrected chi connectivity index (χ1v) is 5.60. The van der Waals surface area contributed by atoms with E-state index in [-0.39, 0.29) is 23.6 Å². The Hall–Kier alpha value is -2.63. The van der Waals surface area contributed by atoms with Crippen molar-refractivity contribution in [1.29, 1.82) is 0 Å². The minimum atomic E-state index is -1.07. The molecule has 0 saturated heterocycles. The fourth-order valence-electron chi connectivity index (χ4n) is 1.56. The number of aromatic nitrogens is 1. The highest BCUT2D eigenvalue weighted by atomic mass is 16.5. The first-order valence-electron chi connectivity index (χ1n) is 5.60. The molecule has 1 aromatic carbocycles. The van der Waals surface area contributed by atoms with Gasteiger partial charge in [0.05, 0.1) is 17.8 Å². The molecule has 0 aliphatic carbocycles. The Bertz CT molecular complexity index is 619. The monoisotopic (exact) mass is 260 g/mol. The van der Waals surface area contributed by atoms with Crippen LogP contribution in [0.15, 0.2) is 34.9 Å². The summed E-state index contributed by atoms with van der Waals surface area (Å²) in [4.78, 5) is 22.6. The first-order chi connectivity index (χ1) is 9.06. The van der Waals surface area contributed by atoms with E-state index in [1.54, 1.807) is 19.1 Å². The number of aromatic carboxylic acids is 1. The van der Waals surface area contributed by atoms with E-state index in [0.29, 0.717) is 5.76 Å². The van der Waals surface area contributed by atoms with E-state index >= 15 is 0 Å². The molecule has 6 nitrogen and oxygen atoms in total. The average Bonchev–Trinajstić information content (AvgIpc) is 2.82. The number of carbonyl (C=O) groups is 2. The van der Waals surface area contributed by atoms with Gasteiger partial charge in [0.1, 0.15) is 0 Å². The highest BCUT2D eigenvalue weighted by Crippen LogP contribution is 2.06. The normalized spacial score (nSPS) is 10.2. The highest BCUT2D eigenvalue weighted by molar-refractivity contribution is 5.97. The quantitative estimate of drug-likeness (QED) is 0.871. The number of rotatable bonds is 4. The minimum absolute atomic E-state index is 0.0724. The number of carboxylic acid groups (broad SMARTS) is 1. The second kappa shape index (κ2) is 5.34. The maximum absolute atomic E-state index is 11.8. The lowest BCUT2D eigenvalue weighted by molar-refractivity contribution is 0.0697. The number of nitrogens with zero attached hydrogens (tertiary/aromatic N) is 1. The molecule has 1 heterocycles. The molecule has 0 unspecified atom stereocenters. The molecule has 2 rings (SSSR count). The lowest BCUT2D eigenvalue weighted by Crippen LogP contribution is -2.22. The van der Waals surface area contributed by atoms with Gasteiger partial charge in [0.2, 0.25) is 0 Å². The van der Waals surface area contributed by atoms with Gasteiger partial charge in [-0.25, -0.2) is 4.79 Å². The van der Waals surface area contributed by atoms with E-state index < -0.39 is 5.97 Å². The summed E-state index contributed by atoms with van der Waals surface area (Å²) in [6.07, 6.45) is 0. The molecule has 98 valence electrons. The second-order valence-corrected chi connectivity index (χ2v) is 4.00. The Morgan fingerprint density at radius 2 is 2.05 bits per heavy atom. The topological polar surface area (TPSA) is 92.4 Å². The van der Waals surface area contributed by atoms with Crippen molar-refractivity contribution in [3.05, 3.63) is 52.9 Å². The zero-order valence-corrected chi connectivity index (χ0v) is 10.2. The van der Waals surface area contributed by atoms with Crippen LogP contribution < -0.4 is 5.32 Å². The second-order valence-electron chi connectivity index (χ2n) is 4.00. The van der Waals surface area contributed by atoms with Gasteiger partial charge < -0.3 is 14.9 Å². The molecule has 0 aliphatic heterocycles. The third kappa shape index (κ3) is 3.19. The summed E-state index contributed by atoms with van der Waals surface area (Å²) in [6, 6.07) is 7.54. The third-order valence-corrected chi connectivity index (χ3v) is 2.47. The van der Waals surface area contributed by atoms with Crippen LogP contribution >= 0.6 is 0 Å². The average molecular weight is 260 g/mol. The van der Waals surface area contributed by atoms with E-state index in [2.05, 4.69) is 10.5 Å². The zero-order valence-electron chi connectivity index (χ0n) is 10.2. The Balaban J connectivity index is 2.03. The van der Waals surface area contributed by atoms with Gasteiger partial charge >= 0.3 is 5.97 Å². The molecule has 1 amide bonds. The van der Waals surface area contributed by atoms with Crippen LogP contribution in [0.5, 0.6) is 0 Å². The molecule has 6 heteroatoms. The zero-order chi connectivity index (χ0) is 13.8. The summed E-state index contributed by atoms with van der Waals surface area (Å²) in [7, 11) is 0. The summed E-state index contributed by atoms with van der Waals surface area (Å²) >= 11 is 0. The summed E-state index contributed by atoms with van der Waals surface area (Å²) in [5.41, 5.74) is 1.09. The predicted octanol–water partition coefficient (Wildman–Crippen LogP) is 1.61. The van der Waals surface area contributed by atoms with E-state index in [9.17, 15) is 9.59 Å². The van der Waals surface area contributed by atoms with Gasteiger partial charge in [0, 0.05) is 11.6 Å².